The molecule has 0 aliphatic heterocycles. The van der Waals surface area contributed by atoms with Crippen LogP contribution in [0, 0.1) is 9.52 Å². The third-order valence-corrected chi connectivity index (χ3v) is 4.35. The molecule has 0 amide bonds. The van der Waals surface area contributed by atoms with Crippen molar-refractivity contribution in [3.63, 3.8) is 0 Å². The van der Waals surface area contributed by atoms with Gasteiger partial charge in [-0.1, -0.05) is 40.9 Å². The average Bonchev–Trinajstić information content (AvgIpc) is 2.29. The maximum absolute atomic E-state index is 13.7. The predicted molar refractivity (Wildman–Crippen MR) is 77.4 cm³/mol. The van der Waals surface area contributed by atoms with E-state index in [9.17, 15) is 4.39 Å². The van der Waals surface area contributed by atoms with Gasteiger partial charge in [0.05, 0.1) is 20.6 Å². The van der Waals surface area contributed by atoms with E-state index in [1.165, 1.54) is 6.20 Å². The molecule has 88 valence electrons. The van der Waals surface area contributed by atoms with Gasteiger partial charge in [-0.2, -0.15) is 4.39 Å². The molecule has 1 aromatic carbocycles. The van der Waals surface area contributed by atoms with Crippen LogP contribution in [0.5, 0.6) is 0 Å². The molecule has 0 radical (unpaired) electrons. The van der Waals surface area contributed by atoms with Crippen molar-refractivity contribution in [2.75, 3.05) is 0 Å². The Kier molecular flexibility index (Phi) is 4.13. The summed E-state index contributed by atoms with van der Waals surface area (Å²) < 4.78 is 14.4. The SMILES string of the molecule is Fc1nccc(I)c1-c1ccc(Cl)c(Cl)c1Cl. The van der Waals surface area contributed by atoms with Crippen LogP contribution in [0.15, 0.2) is 24.4 Å². The van der Waals surface area contributed by atoms with Crippen molar-refractivity contribution in [2.24, 2.45) is 0 Å². The van der Waals surface area contributed by atoms with Crippen molar-refractivity contribution in [3.05, 3.63) is 49.0 Å². The van der Waals surface area contributed by atoms with Crippen molar-refractivity contribution in [1.82, 2.24) is 4.98 Å². The molecule has 0 aliphatic rings. The van der Waals surface area contributed by atoms with E-state index < -0.39 is 5.95 Å². The van der Waals surface area contributed by atoms with E-state index in [4.69, 9.17) is 34.8 Å². The first-order valence-corrected chi connectivity index (χ1v) is 6.67. The number of halogens is 5. The molecule has 2 rings (SSSR count). The molecule has 0 aliphatic carbocycles. The third kappa shape index (κ3) is 2.52. The molecule has 0 saturated carbocycles. The van der Waals surface area contributed by atoms with Crippen molar-refractivity contribution < 1.29 is 4.39 Å². The number of benzene rings is 1. The van der Waals surface area contributed by atoms with Crippen LogP contribution in [-0.2, 0) is 0 Å². The molecule has 0 unspecified atom stereocenters. The number of pyridine rings is 1. The molecule has 1 heterocycles. The quantitative estimate of drug-likeness (QED) is 0.351. The highest BCUT2D eigenvalue weighted by Gasteiger charge is 2.16. The molecule has 0 N–H and O–H groups in total. The molecule has 0 fully saturated rings. The van der Waals surface area contributed by atoms with Gasteiger partial charge in [-0.05, 0) is 34.7 Å². The van der Waals surface area contributed by atoms with E-state index >= 15 is 0 Å². The standard InChI is InChI=1S/C11H4Cl3FIN/c12-6-2-1-5(9(13)10(6)14)8-7(16)3-4-17-11(8)15/h1-4H. The van der Waals surface area contributed by atoms with Gasteiger partial charge < -0.3 is 0 Å². The summed E-state index contributed by atoms with van der Waals surface area (Å²) in [5, 5.41) is 0.772. The normalized spacial score (nSPS) is 10.6. The van der Waals surface area contributed by atoms with Gasteiger partial charge in [-0.25, -0.2) is 4.98 Å². The monoisotopic (exact) mass is 401 g/mol. The number of aromatic nitrogens is 1. The Morgan fingerprint density at radius 3 is 2.41 bits per heavy atom. The lowest BCUT2D eigenvalue weighted by molar-refractivity contribution is 0.586. The fourth-order valence-corrected chi connectivity index (χ4v) is 2.68. The first kappa shape index (κ1) is 13.3. The molecule has 1 nitrogen and oxygen atoms in total. The minimum Gasteiger partial charge on any atom is -0.228 e. The van der Waals surface area contributed by atoms with Gasteiger partial charge in [0.25, 0.3) is 0 Å². The van der Waals surface area contributed by atoms with Crippen LogP contribution in [0.25, 0.3) is 11.1 Å². The highest BCUT2D eigenvalue weighted by Crippen LogP contribution is 2.39. The lowest BCUT2D eigenvalue weighted by atomic mass is 10.1. The summed E-state index contributed by atoms with van der Waals surface area (Å²) in [7, 11) is 0. The Bertz CT molecular complexity index is 569. The maximum Gasteiger partial charge on any atom is 0.221 e. The van der Waals surface area contributed by atoms with E-state index in [2.05, 4.69) is 4.98 Å². The predicted octanol–water partition coefficient (Wildman–Crippen LogP) is 5.45. The van der Waals surface area contributed by atoms with Gasteiger partial charge in [-0.15, -0.1) is 0 Å². The zero-order chi connectivity index (χ0) is 12.6. The Morgan fingerprint density at radius 2 is 1.76 bits per heavy atom. The summed E-state index contributed by atoms with van der Waals surface area (Å²) in [4.78, 5) is 3.60. The first-order valence-electron chi connectivity index (χ1n) is 4.46. The zero-order valence-electron chi connectivity index (χ0n) is 8.15. The van der Waals surface area contributed by atoms with Crippen LogP contribution < -0.4 is 0 Å². The van der Waals surface area contributed by atoms with Crippen LogP contribution in [0.2, 0.25) is 15.1 Å². The van der Waals surface area contributed by atoms with E-state index in [1.807, 2.05) is 22.6 Å². The van der Waals surface area contributed by atoms with Gasteiger partial charge in [0.2, 0.25) is 5.95 Å². The smallest absolute Gasteiger partial charge is 0.221 e. The van der Waals surface area contributed by atoms with Crippen LogP contribution in [0.1, 0.15) is 0 Å². The molecule has 17 heavy (non-hydrogen) atoms. The molecule has 6 heteroatoms. The van der Waals surface area contributed by atoms with Crippen molar-refractivity contribution in [3.8, 4) is 11.1 Å². The Labute approximate surface area is 126 Å². The van der Waals surface area contributed by atoms with Crippen LogP contribution >= 0.6 is 57.4 Å². The minimum absolute atomic E-state index is 0.213. The molecule has 0 atom stereocenters. The first-order chi connectivity index (χ1) is 8.02. The molecular formula is C11H4Cl3FIN. The van der Waals surface area contributed by atoms with Gasteiger partial charge >= 0.3 is 0 Å². The highest BCUT2D eigenvalue weighted by atomic mass is 127. The van der Waals surface area contributed by atoms with E-state index in [1.54, 1.807) is 18.2 Å². The summed E-state index contributed by atoms with van der Waals surface area (Å²) in [5.41, 5.74) is 0.813. The van der Waals surface area contributed by atoms with Gasteiger partial charge in [0, 0.05) is 15.3 Å². The fourth-order valence-electron chi connectivity index (χ4n) is 1.37. The van der Waals surface area contributed by atoms with Crippen molar-refractivity contribution in [2.45, 2.75) is 0 Å². The summed E-state index contributed by atoms with van der Waals surface area (Å²) >= 11 is 19.8. The molecular weight excluding hydrogens is 398 g/mol. The number of nitrogens with zero attached hydrogens (tertiary/aromatic N) is 1. The Hall–Kier alpha value is -0.100. The lowest BCUT2D eigenvalue weighted by Crippen LogP contribution is -1.93. The van der Waals surface area contributed by atoms with E-state index in [0.717, 1.165) is 0 Å². The van der Waals surface area contributed by atoms with Gasteiger partial charge in [0.15, 0.2) is 0 Å². The summed E-state index contributed by atoms with van der Waals surface area (Å²) in [6.07, 6.45) is 1.39. The number of hydrogen-bond donors (Lipinski definition) is 0. The number of hydrogen-bond acceptors (Lipinski definition) is 1. The minimum atomic E-state index is -0.586. The Morgan fingerprint density at radius 1 is 1.06 bits per heavy atom. The molecule has 0 bridgehead atoms. The van der Waals surface area contributed by atoms with Crippen LogP contribution in [0.3, 0.4) is 0 Å². The van der Waals surface area contributed by atoms with Crippen LogP contribution in [0.4, 0.5) is 4.39 Å². The molecule has 1 aromatic heterocycles. The van der Waals surface area contributed by atoms with Gasteiger partial charge in [-0.3, -0.25) is 0 Å². The number of rotatable bonds is 1. The summed E-state index contributed by atoms with van der Waals surface area (Å²) in [5.74, 6) is -0.586. The second-order valence-electron chi connectivity index (χ2n) is 3.18. The van der Waals surface area contributed by atoms with Crippen molar-refractivity contribution >= 4 is 57.4 Å². The third-order valence-electron chi connectivity index (χ3n) is 2.16. The molecule has 0 spiro atoms. The van der Waals surface area contributed by atoms with Crippen molar-refractivity contribution in [1.29, 1.82) is 0 Å². The highest BCUT2D eigenvalue weighted by molar-refractivity contribution is 14.1. The largest absolute Gasteiger partial charge is 0.228 e. The Balaban J connectivity index is 2.74. The lowest BCUT2D eigenvalue weighted by Gasteiger charge is -2.09. The van der Waals surface area contributed by atoms with E-state index in [0.29, 0.717) is 19.7 Å². The zero-order valence-corrected chi connectivity index (χ0v) is 12.6. The molecule has 2 aromatic rings. The summed E-state index contributed by atoms with van der Waals surface area (Å²) in [6, 6.07) is 4.89. The average molecular weight is 402 g/mol. The maximum atomic E-state index is 13.7. The fraction of sp³-hybridized carbons (Fsp3) is 0. The van der Waals surface area contributed by atoms with Gasteiger partial charge in [0.1, 0.15) is 0 Å². The topological polar surface area (TPSA) is 12.9 Å². The molecule has 0 saturated heterocycles. The second-order valence-corrected chi connectivity index (χ2v) is 5.51. The second kappa shape index (κ2) is 5.26. The van der Waals surface area contributed by atoms with E-state index in [-0.39, 0.29) is 10.0 Å². The van der Waals surface area contributed by atoms with Crippen LogP contribution in [-0.4, -0.2) is 4.98 Å². The summed E-state index contributed by atoms with van der Waals surface area (Å²) in [6.45, 7) is 0.